The number of fused-ring (bicyclic) bond motifs is 1. The van der Waals surface area contributed by atoms with Crippen LogP contribution in [0.25, 0.3) is 10.9 Å². The van der Waals surface area contributed by atoms with Crippen LogP contribution in [0.4, 0.5) is 16.0 Å². The third-order valence-electron chi connectivity index (χ3n) is 4.12. The summed E-state index contributed by atoms with van der Waals surface area (Å²) in [7, 11) is 0. The maximum Gasteiger partial charge on any atom is 0.324 e. The molecule has 0 saturated carbocycles. The Kier molecular flexibility index (Phi) is 4.23. The van der Waals surface area contributed by atoms with Gasteiger partial charge in [0.2, 0.25) is 0 Å². The third kappa shape index (κ3) is 3.46. The number of aromatic amines is 2. The molecule has 4 aromatic rings. The topological polar surface area (TPSA) is 91.5 Å². The maximum absolute atomic E-state index is 14.8. The average Bonchev–Trinajstić information content (AvgIpc) is 3.22. The van der Waals surface area contributed by atoms with Gasteiger partial charge < -0.3 is 15.0 Å². The van der Waals surface area contributed by atoms with Crippen molar-refractivity contribution in [1.29, 1.82) is 0 Å². The number of nitrogens with zero attached hydrogens (tertiary/aromatic N) is 3. The normalized spacial score (nSPS) is 11.1. The van der Waals surface area contributed by atoms with Gasteiger partial charge in [0.1, 0.15) is 5.82 Å². The first-order valence-electron chi connectivity index (χ1n) is 8.64. The molecule has 1 aromatic carbocycles. The SMILES string of the molecule is CCc1cc(Nc2cc(C)[nH]n2)nc(Oc2ccc3[nH]c(C)cc3c2F)n1. The largest absolute Gasteiger partial charge is 0.421 e. The molecule has 3 N–H and O–H groups in total. The Morgan fingerprint density at radius 3 is 2.67 bits per heavy atom. The highest BCUT2D eigenvalue weighted by molar-refractivity contribution is 5.82. The molecule has 138 valence electrons. The van der Waals surface area contributed by atoms with Crippen LogP contribution < -0.4 is 10.1 Å². The second kappa shape index (κ2) is 6.71. The molecule has 7 nitrogen and oxygen atoms in total. The summed E-state index contributed by atoms with van der Waals surface area (Å²) in [5.74, 6) is 0.799. The lowest BCUT2D eigenvalue weighted by Gasteiger charge is -2.09. The van der Waals surface area contributed by atoms with Crippen molar-refractivity contribution < 1.29 is 9.13 Å². The first-order chi connectivity index (χ1) is 13.0. The number of aromatic nitrogens is 5. The zero-order valence-electron chi connectivity index (χ0n) is 15.2. The number of ether oxygens (including phenoxy) is 1. The van der Waals surface area contributed by atoms with Crippen LogP contribution in [-0.2, 0) is 6.42 Å². The summed E-state index contributed by atoms with van der Waals surface area (Å²) in [5, 5.41) is 10.6. The molecule has 0 fully saturated rings. The van der Waals surface area contributed by atoms with Crippen LogP contribution in [0.15, 0.2) is 30.3 Å². The van der Waals surface area contributed by atoms with Gasteiger partial charge in [-0.2, -0.15) is 15.1 Å². The summed E-state index contributed by atoms with van der Waals surface area (Å²) in [6, 6.07) is 8.83. The van der Waals surface area contributed by atoms with E-state index in [0.29, 0.717) is 23.4 Å². The molecule has 0 atom stereocenters. The highest BCUT2D eigenvalue weighted by Crippen LogP contribution is 2.30. The zero-order valence-corrected chi connectivity index (χ0v) is 15.2. The Morgan fingerprint density at radius 2 is 1.93 bits per heavy atom. The third-order valence-corrected chi connectivity index (χ3v) is 4.12. The van der Waals surface area contributed by atoms with E-state index in [1.807, 2.05) is 32.9 Å². The van der Waals surface area contributed by atoms with Gasteiger partial charge in [0, 0.05) is 40.1 Å². The fourth-order valence-corrected chi connectivity index (χ4v) is 2.84. The number of H-pyrrole nitrogens is 2. The van der Waals surface area contributed by atoms with Crippen molar-refractivity contribution in [3.05, 3.63) is 53.2 Å². The molecule has 0 aliphatic carbocycles. The van der Waals surface area contributed by atoms with Gasteiger partial charge in [0.05, 0.1) is 0 Å². The lowest BCUT2D eigenvalue weighted by atomic mass is 10.2. The van der Waals surface area contributed by atoms with Gasteiger partial charge in [-0.05, 0) is 38.5 Å². The van der Waals surface area contributed by atoms with E-state index in [9.17, 15) is 4.39 Å². The Morgan fingerprint density at radius 1 is 1.07 bits per heavy atom. The van der Waals surface area contributed by atoms with Crippen LogP contribution in [0.5, 0.6) is 11.8 Å². The predicted molar refractivity (Wildman–Crippen MR) is 101 cm³/mol. The van der Waals surface area contributed by atoms with Crippen molar-refractivity contribution in [3.8, 4) is 11.8 Å². The minimum atomic E-state index is -0.445. The number of hydrogen-bond donors (Lipinski definition) is 3. The second-order valence-corrected chi connectivity index (χ2v) is 6.34. The van der Waals surface area contributed by atoms with Gasteiger partial charge in [0.15, 0.2) is 17.4 Å². The lowest BCUT2D eigenvalue weighted by Crippen LogP contribution is -2.02. The molecule has 0 spiro atoms. The van der Waals surface area contributed by atoms with Crippen molar-refractivity contribution in [2.45, 2.75) is 27.2 Å². The minimum absolute atomic E-state index is 0.0783. The van der Waals surface area contributed by atoms with E-state index >= 15 is 0 Å². The second-order valence-electron chi connectivity index (χ2n) is 6.34. The highest BCUT2D eigenvalue weighted by Gasteiger charge is 2.14. The summed E-state index contributed by atoms with van der Waals surface area (Å²) < 4.78 is 20.4. The Balaban J connectivity index is 1.67. The fraction of sp³-hybridized carbons (Fsp3) is 0.211. The maximum atomic E-state index is 14.8. The summed E-state index contributed by atoms with van der Waals surface area (Å²) in [6.07, 6.45) is 0.686. The van der Waals surface area contributed by atoms with Crippen molar-refractivity contribution in [2.75, 3.05) is 5.32 Å². The standard InChI is InChI=1S/C19H19FN6O/c1-4-12-9-16(23-17-8-11(3)25-26-17)24-19(22-12)27-15-6-5-14-13(18(15)20)7-10(2)21-14/h5-9,21H,4H2,1-3H3,(H2,22,23,24,25,26). The summed E-state index contributed by atoms with van der Waals surface area (Å²) in [5.41, 5.74) is 3.30. The van der Waals surface area contributed by atoms with E-state index in [4.69, 9.17) is 4.74 Å². The molecule has 3 heterocycles. The van der Waals surface area contributed by atoms with E-state index in [0.717, 1.165) is 22.6 Å². The van der Waals surface area contributed by atoms with E-state index in [-0.39, 0.29) is 11.8 Å². The predicted octanol–water partition coefficient (Wildman–Crippen LogP) is 4.54. The van der Waals surface area contributed by atoms with E-state index in [2.05, 4.69) is 30.5 Å². The molecule has 27 heavy (non-hydrogen) atoms. The zero-order chi connectivity index (χ0) is 19.0. The Labute approximate surface area is 155 Å². The highest BCUT2D eigenvalue weighted by atomic mass is 19.1. The molecular weight excluding hydrogens is 347 g/mol. The van der Waals surface area contributed by atoms with Gasteiger partial charge in [-0.25, -0.2) is 4.39 Å². The molecular formula is C19H19FN6O. The summed E-state index contributed by atoms with van der Waals surface area (Å²) in [4.78, 5) is 11.8. The number of benzene rings is 1. The van der Waals surface area contributed by atoms with Crippen LogP contribution in [0.3, 0.4) is 0 Å². The number of halogens is 1. The van der Waals surface area contributed by atoms with Gasteiger partial charge in [-0.1, -0.05) is 6.92 Å². The number of rotatable bonds is 5. The molecule has 0 aliphatic heterocycles. The van der Waals surface area contributed by atoms with E-state index in [1.165, 1.54) is 0 Å². The van der Waals surface area contributed by atoms with Gasteiger partial charge in [0.25, 0.3) is 0 Å². The van der Waals surface area contributed by atoms with Crippen LogP contribution >= 0.6 is 0 Å². The van der Waals surface area contributed by atoms with Crippen LogP contribution in [0.2, 0.25) is 0 Å². The van der Waals surface area contributed by atoms with Crippen LogP contribution in [-0.4, -0.2) is 25.1 Å². The quantitative estimate of drug-likeness (QED) is 0.482. The molecule has 0 saturated heterocycles. The Hall–Kier alpha value is -3.42. The van der Waals surface area contributed by atoms with Crippen molar-refractivity contribution in [1.82, 2.24) is 25.1 Å². The van der Waals surface area contributed by atoms with Crippen LogP contribution in [0, 0.1) is 19.7 Å². The molecule has 0 aliphatic rings. The smallest absolute Gasteiger partial charge is 0.324 e. The summed E-state index contributed by atoms with van der Waals surface area (Å²) >= 11 is 0. The molecule has 3 aromatic heterocycles. The van der Waals surface area contributed by atoms with E-state index in [1.54, 1.807) is 18.2 Å². The monoisotopic (exact) mass is 366 g/mol. The first kappa shape index (κ1) is 17.0. The number of hydrogen-bond acceptors (Lipinski definition) is 5. The van der Waals surface area contributed by atoms with Gasteiger partial charge >= 0.3 is 6.01 Å². The van der Waals surface area contributed by atoms with Gasteiger partial charge in [-0.15, -0.1) is 0 Å². The van der Waals surface area contributed by atoms with Crippen molar-refractivity contribution in [2.24, 2.45) is 0 Å². The molecule has 0 radical (unpaired) electrons. The molecule has 0 amide bonds. The summed E-state index contributed by atoms with van der Waals surface area (Å²) in [6.45, 7) is 5.76. The van der Waals surface area contributed by atoms with E-state index < -0.39 is 5.82 Å². The molecule has 0 bridgehead atoms. The number of anilines is 2. The fourth-order valence-electron chi connectivity index (χ4n) is 2.84. The average molecular weight is 366 g/mol. The molecule has 4 rings (SSSR count). The first-order valence-corrected chi connectivity index (χ1v) is 8.64. The molecule has 0 unspecified atom stereocenters. The number of nitrogens with one attached hydrogen (secondary N) is 3. The molecule has 8 heteroatoms. The van der Waals surface area contributed by atoms with Gasteiger partial charge in [-0.3, -0.25) is 5.10 Å². The minimum Gasteiger partial charge on any atom is -0.421 e. The lowest BCUT2D eigenvalue weighted by molar-refractivity contribution is 0.413. The Bertz CT molecular complexity index is 1120. The van der Waals surface area contributed by atoms with Crippen molar-refractivity contribution >= 4 is 22.5 Å². The van der Waals surface area contributed by atoms with Crippen LogP contribution in [0.1, 0.15) is 24.0 Å². The number of aryl methyl sites for hydroxylation is 3. The van der Waals surface area contributed by atoms with Crippen molar-refractivity contribution in [3.63, 3.8) is 0 Å².